The van der Waals surface area contributed by atoms with E-state index in [1.54, 1.807) is 0 Å². The van der Waals surface area contributed by atoms with Gasteiger partial charge < -0.3 is 10.6 Å². The minimum Gasteiger partial charge on any atom is -0.385 e. The fourth-order valence-corrected chi connectivity index (χ4v) is 3.04. The third-order valence-electron chi connectivity index (χ3n) is 3.73. The first-order chi connectivity index (χ1) is 10.3. The van der Waals surface area contributed by atoms with Gasteiger partial charge in [0.1, 0.15) is 6.07 Å². The average Bonchev–Trinajstić information content (AvgIpc) is 2.53. The zero-order valence-electron chi connectivity index (χ0n) is 11.6. The van der Waals surface area contributed by atoms with Gasteiger partial charge in [-0.3, -0.25) is 0 Å². The molecule has 2 N–H and O–H groups in total. The van der Waals surface area contributed by atoms with Gasteiger partial charge in [0.15, 0.2) is 0 Å². The SMILES string of the molecule is N#Cc1cc(Br)ccc1NCc1cccc2c1NCCC2. The zero-order valence-corrected chi connectivity index (χ0v) is 13.2. The fourth-order valence-electron chi connectivity index (χ4n) is 2.68. The van der Waals surface area contributed by atoms with Crippen molar-refractivity contribution in [3.63, 3.8) is 0 Å². The van der Waals surface area contributed by atoms with Crippen LogP contribution in [-0.4, -0.2) is 6.54 Å². The summed E-state index contributed by atoms with van der Waals surface area (Å²) in [5, 5.41) is 16.1. The summed E-state index contributed by atoms with van der Waals surface area (Å²) in [6.07, 6.45) is 2.33. The molecule has 0 amide bonds. The molecule has 0 aliphatic carbocycles. The van der Waals surface area contributed by atoms with Crippen molar-refractivity contribution in [3.8, 4) is 6.07 Å². The summed E-state index contributed by atoms with van der Waals surface area (Å²) in [4.78, 5) is 0. The van der Waals surface area contributed by atoms with E-state index in [9.17, 15) is 5.26 Å². The molecule has 1 heterocycles. The largest absolute Gasteiger partial charge is 0.385 e. The van der Waals surface area contributed by atoms with Gasteiger partial charge in [0.05, 0.1) is 11.3 Å². The van der Waals surface area contributed by atoms with E-state index < -0.39 is 0 Å². The first-order valence-corrected chi connectivity index (χ1v) is 7.85. The van der Waals surface area contributed by atoms with Gasteiger partial charge in [-0.1, -0.05) is 34.1 Å². The van der Waals surface area contributed by atoms with Crippen molar-refractivity contribution < 1.29 is 0 Å². The molecular formula is C17H16BrN3. The smallest absolute Gasteiger partial charge is 0.101 e. The lowest BCUT2D eigenvalue weighted by atomic mass is 9.99. The van der Waals surface area contributed by atoms with E-state index in [-0.39, 0.29) is 0 Å². The van der Waals surface area contributed by atoms with Crippen LogP contribution in [0.4, 0.5) is 11.4 Å². The molecule has 0 radical (unpaired) electrons. The average molecular weight is 342 g/mol. The van der Waals surface area contributed by atoms with Crippen LogP contribution in [0.3, 0.4) is 0 Å². The molecule has 0 saturated heterocycles. The number of aryl methyl sites for hydroxylation is 1. The number of halogens is 1. The highest BCUT2D eigenvalue weighted by molar-refractivity contribution is 9.10. The molecule has 0 saturated carbocycles. The molecular weight excluding hydrogens is 326 g/mol. The number of rotatable bonds is 3. The van der Waals surface area contributed by atoms with Crippen LogP contribution in [0.1, 0.15) is 23.1 Å². The quantitative estimate of drug-likeness (QED) is 0.875. The van der Waals surface area contributed by atoms with Gasteiger partial charge in [0.2, 0.25) is 0 Å². The normalized spacial score (nSPS) is 13.0. The molecule has 4 heteroatoms. The number of hydrogen-bond donors (Lipinski definition) is 2. The maximum absolute atomic E-state index is 9.21. The van der Waals surface area contributed by atoms with Crippen molar-refractivity contribution in [3.05, 3.63) is 57.6 Å². The molecule has 2 aromatic rings. The summed E-state index contributed by atoms with van der Waals surface area (Å²) in [7, 11) is 0. The van der Waals surface area contributed by atoms with Gasteiger partial charge in [-0.2, -0.15) is 5.26 Å². The molecule has 3 rings (SSSR count). The Morgan fingerprint density at radius 3 is 3.05 bits per heavy atom. The van der Waals surface area contributed by atoms with Crippen molar-refractivity contribution in [1.82, 2.24) is 0 Å². The van der Waals surface area contributed by atoms with Crippen molar-refractivity contribution in [2.45, 2.75) is 19.4 Å². The standard InChI is InChI=1S/C17H16BrN3/c18-15-6-7-16(14(9-15)10-19)21-11-13-4-1-3-12-5-2-8-20-17(12)13/h1,3-4,6-7,9,20-21H,2,5,8,11H2. The second kappa shape index (κ2) is 6.19. The number of anilines is 2. The minimum absolute atomic E-state index is 0.655. The molecule has 0 aromatic heterocycles. The topological polar surface area (TPSA) is 47.9 Å². The second-order valence-electron chi connectivity index (χ2n) is 5.14. The van der Waals surface area contributed by atoms with Crippen LogP contribution in [0.2, 0.25) is 0 Å². The van der Waals surface area contributed by atoms with Crippen LogP contribution in [0.5, 0.6) is 0 Å². The molecule has 3 nitrogen and oxygen atoms in total. The van der Waals surface area contributed by atoms with E-state index in [1.807, 2.05) is 18.2 Å². The van der Waals surface area contributed by atoms with Gasteiger partial charge in [-0.05, 0) is 42.2 Å². The van der Waals surface area contributed by atoms with E-state index >= 15 is 0 Å². The van der Waals surface area contributed by atoms with Crippen LogP contribution < -0.4 is 10.6 Å². The van der Waals surface area contributed by atoms with Crippen LogP contribution in [0.15, 0.2) is 40.9 Å². The molecule has 0 unspecified atom stereocenters. The first-order valence-electron chi connectivity index (χ1n) is 7.06. The highest BCUT2D eigenvalue weighted by atomic mass is 79.9. The minimum atomic E-state index is 0.655. The van der Waals surface area contributed by atoms with E-state index in [0.717, 1.165) is 23.1 Å². The third-order valence-corrected chi connectivity index (χ3v) is 4.23. The maximum Gasteiger partial charge on any atom is 0.101 e. The Morgan fingerprint density at radius 1 is 1.29 bits per heavy atom. The van der Waals surface area contributed by atoms with Gasteiger partial charge >= 0.3 is 0 Å². The molecule has 0 spiro atoms. The molecule has 21 heavy (non-hydrogen) atoms. The predicted octanol–water partition coefficient (Wildman–Crippen LogP) is 4.29. The molecule has 0 bridgehead atoms. The lowest BCUT2D eigenvalue weighted by Crippen LogP contribution is -2.15. The Morgan fingerprint density at radius 2 is 2.19 bits per heavy atom. The maximum atomic E-state index is 9.21. The number of nitrogens with zero attached hydrogens (tertiary/aromatic N) is 1. The third kappa shape index (κ3) is 3.03. The Balaban J connectivity index is 1.81. The molecule has 0 atom stereocenters. The summed E-state index contributed by atoms with van der Waals surface area (Å²) >= 11 is 3.39. The van der Waals surface area contributed by atoms with Gasteiger partial charge in [-0.15, -0.1) is 0 Å². The van der Waals surface area contributed by atoms with Crippen LogP contribution in [0.25, 0.3) is 0 Å². The van der Waals surface area contributed by atoms with E-state index in [4.69, 9.17) is 0 Å². The zero-order chi connectivity index (χ0) is 14.7. The van der Waals surface area contributed by atoms with E-state index in [0.29, 0.717) is 12.1 Å². The van der Waals surface area contributed by atoms with Crippen LogP contribution in [-0.2, 0) is 13.0 Å². The summed E-state index contributed by atoms with van der Waals surface area (Å²) < 4.78 is 0.920. The number of nitriles is 1. The van der Waals surface area contributed by atoms with Crippen molar-refractivity contribution in [1.29, 1.82) is 5.26 Å². The highest BCUT2D eigenvalue weighted by Crippen LogP contribution is 2.27. The molecule has 0 fully saturated rings. The lowest BCUT2D eigenvalue weighted by Gasteiger charge is -2.21. The number of nitrogens with one attached hydrogen (secondary N) is 2. The molecule has 2 aromatic carbocycles. The summed E-state index contributed by atoms with van der Waals surface area (Å²) in [5.74, 6) is 0. The van der Waals surface area contributed by atoms with Crippen molar-refractivity contribution >= 4 is 27.3 Å². The van der Waals surface area contributed by atoms with Crippen LogP contribution in [0, 0.1) is 11.3 Å². The summed E-state index contributed by atoms with van der Waals surface area (Å²) in [5.41, 5.74) is 5.42. The number of hydrogen-bond acceptors (Lipinski definition) is 3. The second-order valence-corrected chi connectivity index (χ2v) is 6.05. The van der Waals surface area contributed by atoms with Crippen molar-refractivity contribution in [2.24, 2.45) is 0 Å². The number of fused-ring (bicyclic) bond motifs is 1. The number of para-hydroxylation sites is 1. The van der Waals surface area contributed by atoms with Crippen molar-refractivity contribution in [2.75, 3.05) is 17.2 Å². The summed E-state index contributed by atoms with van der Waals surface area (Å²) in [6, 6.07) is 14.4. The Bertz CT molecular complexity index is 704. The first kappa shape index (κ1) is 14.0. The Hall–Kier alpha value is -1.99. The van der Waals surface area contributed by atoms with E-state index in [1.165, 1.54) is 23.2 Å². The molecule has 1 aliphatic heterocycles. The monoisotopic (exact) mass is 341 g/mol. The molecule has 1 aliphatic rings. The van der Waals surface area contributed by atoms with Gasteiger partial charge in [0, 0.05) is 23.2 Å². The fraction of sp³-hybridized carbons (Fsp3) is 0.235. The summed E-state index contributed by atoms with van der Waals surface area (Å²) in [6.45, 7) is 1.75. The van der Waals surface area contributed by atoms with Gasteiger partial charge in [0.25, 0.3) is 0 Å². The Kier molecular flexibility index (Phi) is 4.12. The Labute approximate surface area is 133 Å². The number of benzene rings is 2. The van der Waals surface area contributed by atoms with E-state index in [2.05, 4.69) is 50.8 Å². The molecule has 106 valence electrons. The van der Waals surface area contributed by atoms with Gasteiger partial charge in [-0.25, -0.2) is 0 Å². The van der Waals surface area contributed by atoms with Crippen LogP contribution >= 0.6 is 15.9 Å². The lowest BCUT2D eigenvalue weighted by molar-refractivity contribution is 0.825. The highest BCUT2D eigenvalue weighted by Gasteiger charge is 2.12. The predicted molar refractivity (Wildman–Crippen MR) is 89.4 cm³/mol.